The molecular weight excluding hydrogens is 226 g/mol. The highest BCUT2D eigenvalue weighted by atomic mass is 16.7. The number of ether oxygens (including phenoxy) is 1. The van der Waals surface area contributed by atoms with E-state index in [1.165, 1.54) is 5.06 Å². The fraction of sp³-hybridized carbons (Fsp3) is 0.818. The fourth-order valence-corrected chi connectivity index (χ4v) is 1.65. The Morgan fingerprint density at radius 3 is 2.59 bits per heavy atom. The summed E-state index contributed by atoms with van der Waals surface area (Å²) in [6, 6.07) is -0.655. The zero-order valence-corrected chi connectivity index (χ0v) is 10.4. The number of hydroxylamine groups is 2. The topological polar surface area (TPSA) is 76.1 Å². The lowest BCUT2D eigenvalue weighted by atomic mass is 10.2. The number of esters is 1. The van der Waals surface area contributed by atoms with Crippen molar-refractivity contribution in [1.82, 2.24) is 5.06 Å². The molecule has 1 N–H and O–H groups in total. The van der Waals surface area contributed by atoms with Crippen molar-refractivity contribution in [3.63, 3.8) is 0 Å². The largest absolute Gasteiger partial charge is 0.480 e. The van der Waals surface area contributed by atoms with Crippen LogP contribution in [-0.4, -0.2) is 46.9 Å². The maximum atomic E-state index is 11.4. The highest BCUT2D eigenvalue weighted by Crippen LogP contribution is 2.17. The molecular formula is C11H19NO5. The van der Waals surface area contributed by atoms with Crippen LogP contribution < -0.4 is 0 Å². The van der Waals surface area contributed by atoms with Crippen molar-refractivity contribution in [2.24, 2.45) is 0 Å². The predicted molar refractivity (Wildman–Crippen MR) is 59.2 cm³/mol. The SMILES string of the molecule is CC(C)(C)OC(=O)CON1CCCC1C(=O)O. The predicted octanol–water partition coefficient (Wildman–Crippen LogP) is 0.809. The zero-order valence-electron chi connectivity index (χ0n) is 10.4. The van der Waals surface area contributed by atoms with E-state index >= 15 is 0 Å². The van der Waals surface area contributed by atoms with Gasteiger partial charge in [0.2, 0.25) is 0 Å². The van der Waals surface area contributed by atoms with Gasteiger partial charge in [-0.05, 0) is 33.6 Å². The van der Waals surface area contributed by atoms with E-state index in [0.29, 0.717) is 13.0 Å². The molecule has 6 nitrogen and oxygen atoms in total. The molecule has 1 saturated heterocycles. The first kappa shape index (κ1) is 13.9. The Morgan fingerprint density at radius 1 is 1.41 bits per heavy atom. The van der Waals surface area contributed by atoms with E-state index in [2.05, 4.69) is 0 Å². The molecule has 0 spiro atoms. The van der Waals surface area contributed by atoms with E-state index in [0.717, 1.165) is 6.42 Å². The zero-order chi connectivity index (χ0) is 13.1. The number of carbonyl (C=O) groups is 2. The summed E-state index contributed by atoms with van der Waals surface area (Å²) in [5, 5.41) is 10.2. The first-order valence-corrected chi connectivity index (χ1v) is 5.64. The molecule has 0 aromatic heterocycles. The number of nitrogens with zero attached hydrogens (tertiary/aromatic N) is 1. The van der Waals surface area contributed by atoms with Gasteiger partial charge in [0.05, 0.1) is 0 Å². The first-order chi connectivity index (χ1) is 7.79. The molecule has 6 heteroatoms. The minimum absolute atomic E-state index is 0.249. The molecule has 17 heavy (non-hydrogen) atoms. The molecule has 0 aliphatic carbocycles. The van der Waals surface area contributed by atoms with Gasteiger partial charge < -0.3 is 9.84 Å². The number of hydrogen-bond acceptors (Lipinski definition) is 5. The standard InChI is InChI=1S/C11H19NO5/c1-11(2,3)17-9(13)7-16-12-6-4-5-8(12)10(14)15/h8H,4-7H2,1-3H3,(H,14,15). The van der Waals surface area contributed by atoms with Crippen LogP contribution in [0.3, 0.4) is 0 Å². The summed E-state index contributed by atoms with van der Waals surface area (Å²) >= 11 is 0. The fourth-order valence-electron chi connectivity index (χ4n) is 1.65. The quantitative estimate of drug-likeness (QED) is 0.739. The van der Waals surface area contributed by atoms with Crippen molar-refractivity contribution in [3.05, 3.63) is 0 Å². The Hall–Kier alpha value is -1.14. The van der Waals surface area contributed by atoms with Crippen LogP contribution in [0, 0.1) is 0 Å². The molecule has 1 rings (SSSR count). The lowest BCUT2D eigenvalue weighted by molar-refractivity contribution is -0.202. The van der Waals surface area contributed by atoms with Crippen molar-refractivity contribution in [1.29, 1.82) is 0 Å². The average Bonchev–Trinajstić information content (AvgIpc) is 2.59. The van der Waals surface area contributed by atoms with Gasteiger partial charge in [-0.15, -0.1) is 0 Å². The van der Waals surface area contributed by atoms with Gasteiger partial charge in [-0.3, -0.25) is 9.63 Å². The monoisotopic (exact) mass is 245 g/mol. The van der Waals surface area contributed by atoms with Crippen molar-refractivity contribution in [2.75, 3.05) is 13.2 Å². The highest BCUT2D eigenvalue weighted by molar-refractivity contribution is 5.74. The van der Waals surface area contributed by atoms with Gasteiger partial charge in [0, 0.05) is 6.54 Å². The van der Waals surface area contributed by atoms with Gasteiger partial charge in [-0.2, -0.15) is 5.06 Å². The third kappa shape index (κ3) is 4.70. The lowest BCUT2D eigenvalue weighted by Crippen LogP contribution is -2.38. The molecule has 1 heterocycles. The van der Waals surface area contributed by atoms with Crippen molar-refractivity contribution in [3.8, 4) is 0 Å². The van der Waals surface area contributed by atoms with Crippen molar-refractivity contribution >= 4 is 11.9 Å². The van der Waals surface area contributed by atoms with Crippen LogP contribution in [-0.2, 0) is 19.2 Å². The molecule has 0 aromatic rings. The molecule has 1 aliphatic rings. The van der Waals surface area contributed by atoms with E-state index in [9.17, 15) is 9.59 Å². The second-order valence-electron chi connectivity index (χ2n) is 5.00. The van der Waals surface area contributed by atoms with E-state index in [-0.39, 0.29) is 6.61 Å². The number of rotatable bonds is 4. The minimum atomic E-state index is -0.924. The molecule has 0 amide bonds. The third-order valence-electron chi connectivity index (χ3n) is 2.26. The Balaban J connectivity index is 2.35. The molecule has 1 aliphatic heterocycles. The van der Waals surface area contributed by atoms with Crippen molar-refractivity contribution in [2.45, 2.75) is 45.3 Å². The molecule has 0 radical (unpaired) electrons. The van der Waals surface area contributed by atoms with Crippen LogP contribution in [0.25, 0.3) is 0 Å². The maximum absolute atomic E-state index is 11.4. The number of carboxylic acid groups (broad SMARTS) is 1. The Bertz CT molecular complexity index is 297. The molecule has 0 bridgehead atoms. The second kappa shape index (κ2) is 5.46. The summed E-state index contributed by atoms with van der Waals surface area (Å²) in [5.41, 5.74) is -0.558. The smallest absolute Gasteiger partial charge is 0.334 e. The van der Waals surface area contributed by atoms with Crippen LogP contribution in [0.5, 0.6) is 0 Å². The lowest BCUT2D eigenvalue weighted by Gasteiger charge is -2.22. The minimum Gasteiger partial charge on any atom is -0.480 e. The number of aliphatic carboxylic acids is 1. The Kier molecular flexibility index (Phi) is 4.47. The van der Waals surface area contributed by atoms with Crippen LogP contribution in [0.4, 0.5) is 0 Å². The van der Waals surface area contributed by atoms with E-state index in [4.69, 9.17) is 14.7 Å². The third-order valence-corrected chi connectivity index (χ3v) is 2.26. The second-order valence-corrected chi connectivity index (χ2v) is 5.00. The van der Waals surface area contributed by atoms with Gasteiger partial charge in [0.1, 0.15) is 11.6 Å². The van der Waals surface area contributed by atoms with Gasteiger partial charge in [0.25, 0.3) is 0 Å². The molecule has 0 aromatic carbocycles. The first-order valence-electron chi connectivity index (χ1n) is 5.64. The van der Waals surface area contributed by atoms with Crippen LogP contribution in [0.1, 0.15) is 33.6 Å². The van der Waals surface area contributed by atoms with Crippen molar-refractivity contribution < 1.29 is 24.3 Å². The molecule has 98 valence electrons. The van der Waals surface area contributed by atoms with E-state index in [1.807, 2.05) is 0 Å². The maximum Gasteiger partial charge on any atom is 0.334 e. The molecule has 0 saturated carbocycles. The number of carbonyl (C=O) groups excluding carboxylic acids is 1. The summed E-state index contributed by atoms with van der Waals surface area (Å²) in [5.74, 6) is -1.42. The molecule has 1 unspecified atom stereocenters. The Labute approximate surface area is 100 Å². The van der Waals surface area contributed by atoms with Gasteiger partial charge in [-0.25, -0.2) is 4.79 Å². The van der Waals surface area contributed by atoms with E-state index < -0.39 is 23.6 Å². The summed E-state index contributed by atoms with van der Waals surface area (Å²) in [7, 11) is 0. The van der Waals surface area contributed by atoms with Crippen LogP contribution in [0.15, 0.2) is 0 Å². The van der Waals surface area contributed by atoms with Crippen LogP contribution >= 0.6 is 0 Å². The molecule has 1 fully saturated rings. The summed E-state index contributed by atoms with van der Waals surface area (Å²) in [6.45, 7) is 5.57. The highest BCUT2D eigenvalue weighted by Gasteiger charge is 2.32. The number of hydrogen-bond donors (Lipinski definition) is 1. The summed E-state index contributed by atoms with van der Waals surface area (Å²) < 4.78 is 5.06. The van der Waals surface area contributed by atoms with Gasteiger partial charge >= 0.3 is 11.9 Å². The summed E-state index contributed by atoms with van der Waals surface area (Å²) in [4.78, 5) is 27.4. The molecule has 1 atom stereocenters. The average molecular weight is 245 g/mol. The normalized spacial score (nSPS) is 21.5. The van der Waals surface area contributed by atoms with E-state index in [1.54, 1.807) is 20.8 Å². The van der Waals surface area contributed by atoms with Gasteiger partial charge in [-0.1, -0.05) is 0 Å². The van der Waals surface area contributed by atoms with Gasteiger partial charge in [0.15, 0.2) is 6.61 Å². The number of carboxylic acids is 1. The van der Waals surface area contributed by atoms with Crippen LogP contribution in [0.2, 0.25) is 0 Å². The Morgan fingerprint density at radius 2 is 2.06 bits per heavy atom. The summed E-state index contributed by atoms with van der Waals surface area (Å²) in [6.07, 6.45) is 1.30.